The maximum Gasteiger partial charge on any atom is 0.248 e. The smallest absolute Gasteiger partial charge is 0.248 e. The number of benzene rings is 1. The summed E-state index contributed by atoms with van der Waals surface area (Å²) in [6.45, 7) is 5.67. The van der Waals surface area contributed by atoms with Gasteiger partial charge in [-0.05, 0) is 38.1 Å². The van der Waals surface area contributed by atoms with E-state index < -0.39 is 11.8 Å². The first-order valence-corrected chi connectivity index (χ1v) is 5.30. The molecule has 0 fully saturated rings. The average Bonchev–Trinajstić information content (AvgIpc) is 2.31. The number of primary amides is 2. The Bertz CT molecular complexity index is 326. The lowest BCUT2D eigenvalue weighted by Crippen LogP contribution is -2.13. The number of carbonyl (C=O) groups excluding carboxylic acids is 2. The van der Waals surface area contributed by atoms with Crippen molar-refractivity contribution < 1.29 is 14.3 Å². The minimum atomic E-state index is -0.522. The minimum absolute atomic E-state index is 0.361. The lowest BCUT2D eigenvalue weighted by atomic mass is 10.1. The van der Waals surface area contributed by atoms with Crippen molar-refractivity contribution in [2.24, 2.45) is 11.5 Å². The predicted octanol–water partition coefficient (Wildman–Crippen LogP) is 0.927. The molecule has 0 aliphatic carbocycles. The highest BCUT2D eigenvalue weighted by atomic mass is 16.5. The van der Waals surface area contributed by atoms with Crippen LogP contribution in [0.1, 0.15) is 34.6 Å². The zero-order valence-electron chi connectivity index (χ0n) is 10.1. The van der Waals surface area contributed by atoms with Gasteiger partial charge in [0.25, 0.3) is 0 Å². The van der Waals surface area contributed by atoms with Crippen LogP contribution in [0.25, 0.3) is 0 Å². The number of amides is 2. The van der Waals surface area contributed by atoms with Gasteiger partial charge in [-0.25, -0.2) is 0 Å². The Morgan fingerprint density at radius 1 is 0.941 bits per heavy atom. The normalized spacial score (nSPS) is 9.06. The number of hydrogen-bond donors (Lipinski definition) is 2. The molecule has 0 aliphatic rings. The van der Waals surface area contributed by atoms with Gasteiger partial charge in [-0.3, -0.25) is 9.59 Å². The molecule has 0 bridgehead atoms. The highest BCUT2D eigenvalue weighted by molar-refractivity contribution is 5.96. The summed E-state index contributed by atoms with van der Waals surface area (Å²) in [7, 11) is 0. The first kappa shape index (κ1) is 15.1. The van der Waals surface area contributed by atoms with Crippen LogP contribution in [0.3, 0.4) is 0 Å². The minimum Gasteiger partial charge on any atom is -0.382 e. The summed E-state index contributed by atoms with van der Waals surface area (Å²) in [5, 5.41) is 0. The van der Waals surface area contributed by atoms with E-state index in [1.165, 1.54) is 24.3 Å². The van der Waals surface area contributed by atoms with Gasteiger partial charge in [0.15, 0.2) is 0 Å². The average molecular weight is 238 g/mol. The monoisotopic (exact) mass is 238 g/mol. The Balaban J connectivity index is 0.000000437. The third-order valence-corrected chi connectivity index (χ3v) is 1.86. The van der Waals surface area contributed by atoms with Gasteiger partial charge in [0.2, 0.25) is 11.8 Å². The molecule has 0 aliphatic heterocycles. The SMILES string of the molecule is CCOCC.NC(=O)c1ccc(C(N)=O)cc1. The van der Waals surface area contributed by atoms with E-state index in [9.17, 15) is 9.59 Å². The summed E-state index contributed by atoms with van der Waals surface area (Å²) in [6, 6.07) is 5.84. The number of nitrogens with two attached hydrogens (primary N) is 2. The van der Waals surface area contributed by atoms with Crippen LogP contribution >= 0.6 is 0 Å². The lowest BCUT2D eigenvalue weighted by Gasteiger charge is -1.96. The standard InChI is InChI=1S/C8H8N2O2.C4H10O/c9-7(11)5-1-2-6(4-3-5)8(10)12;1-3-5-4-2/h1-4H,(H2,9,11)(H2,10,12);3-4H2,1-2H3. The fraction of sp³-hybridized carbons (Fsp3) is 0.333. The molecule has 0 saturated heterocycles. The van der Waals surface area contributed by atoms with Gasteiger partial charge in [-0.1, -0.05) is 0 Å². The first-order chi connectivity index (χ1) is 8.02. The van der Waals surface area contributed by atoms with Crippen molar-refractivity contribution in [3.8, 4) is 0 Å². The molecule has 4 N–H and O–H groups in total. The van der Waals surface area contributed by atoms with Crippen LogP contribution < -0.4 is 11.5 Å². The Labute approximate surface area is 101 Å². The largest absolute Gasteiger partial charge is 0.382 e. The zero-order chi connectivity index (χ0) is 13.3. The number of hydrogen-bond acceptors (Lipinski definition) is 3. The van der Waals surface area contributed by atoms with E-state index in [4.69, 9.17) is 16.2 Å². The van der Waals surface area contributed by atoms with Crippen molar-refractivity contribution in [2.45, 2.75) is 13.8 Å². The van der Waals surface area contributed by atoms with E-state index in [2.05, 4.69) is 0 Å². The molecule has 0 atom stereocenters. The summed E-state index contributed by atoms with van der Waals surface area (Å²) in [5.74, 6) is -1.04. The van der Waals surface area contributed by atoms with Crippen molar-refractivity contribution in [1.82, 2.24) is 0 Å². The van der Waals surface area contributed by atoms with Crippen LogP contribution in [0, 0.1) is 0 Å². The molecule has 5 heteroatoms. The summed E-state index contributed by atoms with van der Waals surface area (Å²) in [5.41, 5.74) is 10.7. The molecule has 1 aromatic carbocycles. The van der Waals surface area contributed by atoms with Crippen molar-refractivity contribution in [3.05, 3.63) is 35.4 Å². The van der Waals surface area contributed by atoms with Gasteiger partial charge in [0.1, 0.15) is 0 Å². The van der Waals surface area contributed by atoms with Gasteiger partial charge in [-0.2, -0.15) is 0 Å². The molecule has 0 spiro atoms. The highest BCUT2D eigenvalue weighted by Gasteiger charge is 2.02. The van der Waals surface area contributed by atoms with Crippen LogP contribution in [0.4, 0.5) is 0 Å². The fourth-order valence-corrected chi connectivity index (χ4v) is 1.00. The molecule has 2 amide bonds. The molecular formula is C12H18N2O3. The zero-order valence-corrected chi connectivity index (χ0v) is 10.1. The third kappa shape index (κ3) is 6.32. The molecule has 1 rings (SSSR count). The molecule has 0 heterocycles. The van der Waals surface area contributed by atoms with Crippen LogP contribution in [0.5, 0.6) is 0 Å². The summed E-state index contributed by atoms with van der Waals surface area (Å²) in [4.78, 5) is 21.2. The lowest BCUT2D eigenvalue weighted by molar-refractivity contribution is 0.0988. The van der Waals surface area contributed by atoms with Crippen LogP contribution in [-0.2, 0) is 4.74 Å². The molecule has 5 nitrogen and oxygen atoms in total. The molecule has 17 heavy (non-hydrogen) atoms. The summed E-state index contributed by atoms with van der Waals surface area (Å²) >= 11 is 0. The van der Waals surface area contributed by atoms with Crippen LogP contribution in [0.15, 0.2) is 24.3 Å². The maximum atomic E-state index is 10.6. The van der Waals surface area contributed by atoms with Crippen LogP contribution in [-0.4, -0.2) is 25.0 Å². The van der Waals surface area contributed by atoms with Gasteiger partial charge in [0, 0.05) is 24.3 Å². The van der Waals surface area contributed by atoms with Crippen molar-refractivity contribution >= 4 is 11.8 Å². The molecule has 0 saturated carbocycles. The van der Waals surface area contributed by atoms with E-state index in [0.717, 1.165) is 13.2 Å². The van der Waals surface area contributed by atoms with E-state index in [1.807, 2.05) is 13.8 Å². The van der Waals surface area contributed by atoms with Gasteiger partial charge in [0.05, 0.1) is 0 Å². The summed E-state index contributed by atoms with van der Waals surface area (Å²) < 4.78 is 4.83. The third-order valence-electron chi connectivity index (χ3n) is 1.86. The van der Waals surface area contributed by atoms with Crippen molar-refractivity contribution in [2.75, 3.05) is 13.2 Å². The molecule has 0 aromatic heterocycles. The van der Waals surface area contributed by atoms with Gasteiger partial charge < -0.3 is 16.2 Å². The quantitative estimate of drug-likeness (QED) is 0.816. The Hall–Kier alpha value is -1.88. The Morgan fingerprint density at radius 3 is 1.35 bits per heavy atom. The molecule has 94 valence electrons. The predicted molar refractivity (Wildman–Crippen MR) is 65.6 cm³/mol. The van der Waals surface area contributed by atoms with Crippen molar-refractivity contribution in [1.29, 1.82) is 0 Å². The van der Waals surface area contributed by atoms with Crippen molar-refractivity contribution in [3.63, 3.8) is 0 Å². The molecular weight excluding hydrogens is 220 g/mol. The fourth-order valence-electron chi connectivity index (χ4n) is 1.00. The second-order valence-corrected chi connectivity index (χ2v) is 3.09. The molecule has 0 radical (unpaired) electrons. The Morgan fingerprint density at radius 2 is 1.24 bits per heavy atom. The van der Waals surface area contributed by atoms with Gasteiger partial charge in [-0.15, -0.1) is 0 Å². The van der Waals surface area contributed by atoms with E-state index in [-0.39, 0.29) is 0 Å². The van der Waals surface area contributed by atoms with Crippen LogP contribution in [0.2, 0.25) is 0 Å². The number of rotatable bonds is 4. The number of carbonyl (C=O) groups is 2. The summed E-state index contributed by atoms with van der Waals surface area (Å²) in [6.07, 6.45) is 0. The molecule has 1 aromatic rings. The number of ether oxygens (including phenoxy) is 1. The Kier molecular flexibility index (Phi) is 7.38. The van der Waals surface area contributed by atoms with Gasteiger partial charge >= 0.3 is 0 Å². The van der Waals surface area contributed by atoms with E-state index in [1.54, 1.807) is 0 Å². The second kappa shape index (κ2) is 8.29. The molecule has 0 unspecified atom stereocenters. The highest BCUT2D eigenvalue weighted by Crippen LogP contribution is 2.02. The second-order valence-electron chi connectivity index (χ2n) is 3.09. The van der Waals surface area contributed by atoms with E-state index in [0.29, 0.717) is 11.1 Å². The maximum absolute atomic E-state index is 10.6. The first-order valence-electron chi connectivity index (χ1n) is 5.30. The topological polar surface area (TPSA) is 95.4 Å². The van der Waals surface area contributed by atoms with E-state index >= 15 is 0 Å².